The zero-order chi connectivity index (χ0) is 22.2. The molecule has 0 unspecified atom stereocenters. The van der Waals surface area contributed by atoms with Gasteiger partial charge in [0.2, 0.25) is 0 Å². The Bertz CT molecular complexity index is 2070. The predicted octanol–water partition coefficient (Wildman–Crippen LogP) is 9.46. The molecule has 1 nitrogen and oxygen atoms in total. The first-order chi connectivity index (χ1) is 16.9. The van der Waals surface area contributed by atoms with Gasteiger partial charge in [-0.05, 0) is 33.7 Å². The minimum Gasteiger partial charge on any atom is -0.306 e. The number of hydrogen-bond donors (Lipinski definition) is 0. The zero-order valence-electron chi connectivity index (χ0n) is 18.3. The van der Waals surface area contributed by atoms with E-state index in [2.05, 4.69) is 120 Å². The van der Waals surface area contributed by atoms with E-state index in [0.717, 1.165) is 0 Å². The van der Waals surface area contributed by atoms with Crippen LogP contribution < -0.4 is 0 Å². The van der Waals surface area contributed by atoms with Gasteiger partial charge in [-0.25, -0.2) is 0 Å². The average molecular weight is 450 g/mol. The van der Waals surface area contributed by atoms with Crippen molar-refractivity contribution in [3.63, 3.8) is 0 Å². The van der Waals surface area contributed by atoms with E-state index in [4.69, 9.17) is 0 Å². The van der Waals surface area contributed by atoms with Gasteiger partial charge in [0.25, 0.3) is 0 Å². The van der Waals surface area contributed by atoms with E-state index in [-0.39, 0.29) is 0 Å². The average Bonchev–Trinajstić information content (AvgIpc) is 3.43. The molecule has 0 aliphatic rings. The minimum absolute atomic E-state index is 1.24. The second kappa shape index (κ2) is 6.69. The number of nitrogens with zero attached hydrogens (tertiary/aromatic N) is 1. The van der Waals surface area contributed by atoms with Crippen LogP contribution in [0.15, 0.2) is 115 Å². The fraction of sp³-hybridized carbons (Fsp3) is 0. The highest BCUT2D eigenvalue weighted by Gasteiger charge is 2.22. The largest absolute Gasteiger partial charge is 0.306 e. The molecule has 0 aliphatic carbocycles. The van der Waals surface area contributed by atoms with E-state index in [1.165, 1.54) is 69.2 Å². The molecule has 8 rings (SSSR count). The number of aromatic nitrogens is 1. The summed E-state index contributed by atoms with van der Waals surface area (Å²) in [5, 5.41) is 10.5. The molecule has 0 saturated heterocycles. The molecule has 2 heterocycles. The summed E-state index contributed by atoms with van der Waals surface area (Å²) in [6, 6.07) is 42.0. The summed E-state index contributed by atoms with van der Waals surface area (Å²) in [4.78, 5) is 0. The van der Waals surface area contributed by atoms with E-state index >= 15 is 0 Å². The molecular formula is C32H19NS. The first-order valence-electron chi connectivity index (χ1n) is 11.6. The molecule has 0 atom stereocenters. The Morgan fingerprint density at radius 2 is 1.03 bits per heavy atom. The number of hydrogen-bond acceptors (Lipinski definition) is 1. The van der Waals surface area contributed by atoms with Gasteiger partial charge in [-0.1, -0.05) is 103 Å². The summed E-state index contributed by atoms with van der Waals surface area (Å²) in [5.74, 6) is 0. The standard InChI is InChI=1S/C32H19NS/c1-2-12-21-20(10-1)11-9-18-27(21)33-30-25-16-6-4-14-23(25)22-13-3-5-15-24(22)29(30)32-31(33)26-17-7-8-19-28(26)34-32/h1-19H. The van der Waals surface area contributed by atoms with E-state index < -0.39 is 0 Å². The van der Waals surface area contributed by atoms with Crippen molar-refractivity contribution in [2.24, 2.45) is 0 Å². The molecule has 0 amide bonds. The first-order valence-corrected chi connectivity index (χ1v) is 12.4. The lowest BCUT2D eigenvalue weighted by molar-refractivity contribution is 1.21. The lowest BCUT2D eigenvalue weighted by atomic mass is 9.98. The van der Waals surface area contributed by atoms with E-state index in [0.29, 0.717) is 0 Å². The van der Waals surface area contributed by atoms with Gasteiger partial charge in [0.1, 0.15) is 0 Å². The summed E-state index contributed by atoms with van der Waals surface area (Å²) >= 11 is 1.91. The fourth-order valence-corrected chi connectivity index (χ4v) is 7.01. The number of fused-ring (bicyclic) bond motifs is 11. The SMILES string of the molecule is c1ccc2c(-n3c4c5ccccc5sc4c4c5ccccc5c5ccccc5c43)cccc2c1. The van der Waals surface area contributed by atoms with Gasteiger partial charge < -0.3 is 4.57 Å². The van der Waals surface area contributed by atoms with Gasteiger partial charge in [0.05, 0.1) is 21.4 Å². The Labute approximate surface area is 200 Å². The predicted molar refractivity (Wildman–Crippen MR) is 149 cm³/mol. The van der Waals surface area contributed by atoms with Crippen LogP contribution in [0, 0.1) is 0 Å². The molecular weight excluding hydrogens is 430 g/mol. The van der Waals surface area contributed by atoms with Crippen LogP contribution in [-0.2, 0) is 0 Å². The Kier molecular flexibility index (Phi) is 3.60. The van der Waals surface area contributed by atoms with Crippen LogP contribution in [-0.4, -0.2) is 4.57 Å². The quantitative estimate of drug-likeness (QED) is 0.220. The maximum absolute atomic E-state index is 2.54. The molecule has 2 aromatic heterocycles. The van der Waals surface area contributed by atoms with Gasteiger partial charge in [0, 0.05) is 26.2 Å². The number of benzene rings is 6. The van der Waals surface area contributed by atoms with Crippen molar-refractivity contribution >= 4 is 74.9 Å². The highest BCUT2D eigenvalue weighted by atomic mass is 32.1. The normalized spacial score (nSPS) is 12.1. The third kappa shape index (κ3) is 2.28. The molecule has 0 bridgehead atoms. The van der Waals surface area contributed by atoms with Crippen LogP contribution in [0.4, 0.5) is 0 Å². The molecule has 158 valence electrons. The molecule has 8 aromatic rings. The van der Waals surface area contributed by atoms with Crippen LogP contribution in [0.3, 0.4) is 0 Å². The Balaban J connectivity index is 1.76. The second-order valence-electron chi connectivity index (χ2n) is 8.92. The topological polar surface area (TPSA) is 4.93 Å². The first kappa shape index (κ1) is 18.3. The lowest BCUT2D eigenvalue weighted by Gasteiger charge is -2.14. The van der Waals surface area contributed by atoms with E-state index in [1.54, 1.807) is 0 Å². The lowest BCUT2D eigenvalue weighted by Crippen LogP contribution is -1.96. The van der Waals surface area contributed by atoms with Crippen LogP contribution in [0.5, 0.6) is 0 Å². The molecule has 0 fully saturated rings. The van der Waals surface area contributed by atoms with Crippen LogP contribution in [0.25, 0.3) is 69.2 Å². The van der Waals surface area contributed by atoms with Gasteiger partial charge in [0.15, 0.2) is 0 Å². The maximum atomic E-state index is 2.54. The maximum Gasteiger partial charge on any atom is 0.0728 e. The molecule has 6 aromatic carbocycles. The summed E-state index contributed by atoms with van der Waals surface area (Å²) in [6.45, 7) is 0. The Morgan fingerprint density at radius 1 is 0.441 bits per heavy atom. The minimum atomic E-state index is 1.24. The van der Waals surface area contributed by atoms with Crippen molar-refractivity contribution < 1.29 is 0 Å². The number of rotatable bonds is 1. The van der Waals surface area contributed by atoms with Gasteiger partial charge in [-0.15, -0.1) is 11.3 Å². The Hall–Kier alpha value is -4.14. The molecule has 0 aliphatic heterocycles. The van der Waals surface area contributed by atoms with E-state index in [1.807, 2.05) is 11.3 Å². The second-order valence-corrected chi connectivity index (χ2v) is 9.98. The summed E-state index contributed by atoms with van der Waals surface area (Å²) < 4.78 is 5.24. The molecule has 0 radical (unpaired) electrons. The molecule has 34 heavy (non-hydrogen) atoms. The summed E-state index contributed by atoms with van der Waals surface area (Å²) in [5.41, 5.74) is 3.85. The third-order valence-corrected chi connectivity index (χ3v) is 8.33. The monoisotopic (exact) mass is 449 g/mol. The van der Waals surface area contributed by atoms with Crippen molar-refractivity contribution in [3.8, 4) is 5.69 Å². The molecule has 2 heteroatoms. The van der Waals surface area contributed by atoms with Crippen LogP contribution in [0.2, 0.25) is 0 Å². The van der Waals surface area contributed by atoms with Crippen molar-refractivity contribution in [2.45, 2.75) is 0 Å². The fourth-order valence-electron chi connectivity index (χ4n) is 5.76. The highest BCUT2D eigenvalue weighted by Crippen LogP contribution is 2.48. The Morgan fingerprint density at radius 3 is 1.85 bits per heavy atom. The smallest absolute Gasteiger partial charge is 0.0728 e. The van der Waals surface area contributed by atoms with Crippen molar-refractivity contribution in [1.29, 1.82) is 0 Å². The van der Waals surface area contributed by atoms with Gasteiger partial charge in [-0.2, -0.15) is 0 Å². The molecule has 0 spiro atoms. The van der Waals surface area contributed by atoms with Gasteiger partial charge >= 0.3 is 0 Å². The van der Waals surface area contributed by atoms with Crippen molar-refractivity contribution in [3.05, 3.63) is 115 Å². The van der Waals surface area contributed by atoms with Crippen LogP contribution >= 0.6 is 11.3 Å². The summed E-state index contributed by atoms with van der Waals surface area (Å²) in [6.07, 6.45) is 0. The zero-order valence-corrected chi connectivity index (χ0v) is 19.1. The van der Waals surface area contributed by atoms with Crippen molar-refractivity contribution in [1.82, 2.24) is 4.57 Å². The number of thiophene rings is 1. The molecule has 0 N–H and O–H groups in total. The summed E-state index contributed by atoms with van der Waals surface area (Å²) in [7, 11) is 0. The third-order valence-electron chi connectivity index (χ3n) is 7.16. The van der Waals surface area contributed by atoms with Crippen LogP contribution in [0.1, 0.15) is 0 Å². The van der Waals surface area contributed by atoms with E-state index in [9.17, 15) is 0 Å². The molecule has 0 saturated carbocycles. The van der Waals surface area contributed by atoms with Crippen molar-refractivity contribution in [2.75, 3.05) is 0 Å². The van der Waals surface area contributed by atoms with Gasteiger partial charge in [-0.3, -0.25) is 0 Å². The highest BCUT2D eigenvalue weighted by molar-refractivity contribution is 7.26.